The van der Waals surface area contributed by atoms with E-state index >= 15 is 0 Å². The molecule has 21 heavy (non-hydrogen) atoms. The number of hydrogen-bond donors (Lipinski definition) is 2. The number of carboxylic acids is 2. The lowest BCUT2D eigenvalue weighted by Gasteiger charge is -2.08. The smallest absolute Gasteiger partial charge is 0.310 e. The molecule has 0 bridgehead atoms. The lowest BCUT2D eigenvalue weighted by atomic mass is 9.96. The number of benzene rings is 1. The summed E-state index contributed by atoms with van der Waals surface area (Å²) in [5.41, 5.74) is 1.85. The van der Waals surface area contributed by atoms with Crippen LogP contribution in [0.25, 0.3) is 5.57 Å². The second kappa shape index (κ2) is 8.02. The van der Waals surface area contributed by atoms with Crippen LogP contribution in [0.2, 0.25) is 0 Å². The maximum Gasteiger partial charge on any atom is 0.310 e. The Kier molecular flexibility index (Phi) is 6.37. The minimum absolute atomic E-state index is 0.0845. The van der Waals surface area contributed by atoms with Crippen molar-refractivity contribution >= 4 is 23.5 Å². The van der Waals surface area contributed by atoms with Gasteiger partial charge in [0.05, 0.1) is 5.92 Å². The monoisotopic (exact) mass is 290 g/mol. The van der Waals surface area contributed by atoms with Crippen molar-refractivity contribution in [1.82, 2.24) is 0 Å². The van der Waals surface area contributed by atoms with Crippen LogP contribution in [0, 0.1) is 0 Å². The largest absolute Gasteiger partial charge is 0.481 e. The fourth-order valence-electron chi connectivity index (χ4n) is 1.95. The molecule has 1 unspecified atom stereocenters. The van der Waals surface area contributed by atoms with Gasteiger partial charge in [0, 0.05) is 12.0 Å². The number of carbonyl (C=O) groups excluding carboxylic acids is 1. The number of aliphatic carboxylic acids is 2. The van der Waals surface area contributed by atoms with E-state index in [1.165, 1.54) is 0 Å². The first kappa shape index (κ1) is 16.7. The maximum absolute atomic E-state index is 11.0. The van der Waals surface area contributed by atoms with Gasteiger partial charge in [-0.15, -0.1) is 0 Å². The minimum Gasteiger partial charge on any atom is -0.481 e. The van der Waals surface area contributed by atoms with Gasteiger partial charge in [0.2, 0.25) is 0 Å². The molecule has 0 fully saturated rings. The molecular weight excluding hydrogens is 272 g/mol. The Bertz CT molecular complexity index is 553. The fraction of sp³-hybridized carbons (Fsp3) is 0.375. The Morgan fingerprint density at radius 3 is 2.14 bits per heavy atom. The van der Waals surface area contributed by atoms with Crippen molar-refractivity contribution in [2.75, 3.05) is 0 Å². The number of carbonyl (C=O) groups is 2. The van der Waals surface area contributed by atoms with E-state index in [2.05, 4.69) is 0 Å². The average molecular weight is 290 g/mol. The molecule has 0 saturated carbocycles. The quantitative estimate of drug-likeness (QED) is 0.567. The first-order valence-corrected chi connectivity index (χ1v) is 6.74. The summed E-state index contributed by atoms with van der Waals surface area (Å²) in [6, 6.07) is 6.77. The van der Waals surface area contributed by atoms with Gasteiger partial charge < -0.3 is 10.2 Å². The van der Waals surface area contributed by atoms with Crippen LogP contribution in [0.1, 0.15) is 49.7 Å². The maximum atomic E-state index is 11.0. The Labute approximate surface area is 122 Å². The first-order valence-electron chi connectivity index (χ1n) is 6.74. The molecule has 2 N–H and O–H groups in total. The number of allylic oxidation sites excluding steroid dienone is 1. The van der Waals surface area contributed by atoms with Gasteiger partial charge in [-0.25, -0.2) is 4.79 Å². The van der Waals surface area contributed by atoms with Crippen molar-refractivity contribution in [3.05, 3.63) is 35.4 Å². The lowest BCUT2D eigenvalue weighted by molar-refractivity contribution is -0.138. The molecule has 1 aromatic carbocycles. The zero-order chi connectivity index (χ0) is 15.8. The van der Waals surface area contributed by atoms with Crippen LogP contribution < -0.4 is 0 Å². The van der Waals surface area contributed by atoms with Gasteiger partial charge in [-0.1, -0.05) is 24.3 Å². The van der Waals surface area contributed by atoms with E-state index in [1.54, 1.807) is 31.2 Å². The van der Waals surface area contributed by atoms with E-state index in [4.69, 9.17) is 10.2 Å². The summed E-state index contributed by atoms with van der Waals surface area (Å²) >= 11 is 0. The second-order valence-electron chi connectivity index (χ2n) is 4.86. The molecule has 0 aliphatic carbocycles. The number of rotatable bonds is 8. The van der Waals surface area contributed by atoms with E-state index in [0.717, 1.165) is 0 Å². The molecule has 1 rings (SSSR count). The molecule has 0 aromatic heterocycles. The summed E-state index contributed by atoms with van der Waals surface area (Å²) in [6.07, 6.45) is 1.66. The average Bonchev–Trinajstić information content (AvgIpc) is 2.46. The van der Waals surface area contributed by atoms with Crippen LogP contribution in [-0.2, 0) is 14.4 Å². The highest BCUT2D eigenvalue weighted by molar-refractivity contribution is 5.87. The van der Waals surface area contributed by atoms with Crippen LogP contribution in [0.5, 0.6) is 0 Å². The predicted molar refractivity (Wildman–Crippen MR) is 77.7 cm³/mol. The van der Waals surface area contributed by atoms with E-state index in [1.807, 2.05) is 5.94 Å². The van der Waals surface area contributed by atoms with Crippen molar-refractivity contribution in [3.63, 3.8) is 0 Å². The van der Waals surface area contributed by atoms with Crippen molar-refractivity contribution in [1.29, 1.82) is 0 Å². The van der Waals surface area contributed by atoms with E-state index in [9.17, 15) is 14.4 Å². The van der Waals surface area contributed by atoms with Crippen LogP contribution in [-0.4, -0.2) is 28.1 Å². The Morgan fingerprint density at radius 2 is 1.67 bits per heavy atom. The summed E-state index contributed by atoms with van der Waals surface area (Å²) in [5, 5.41) is 17.5. The minimum atomic E-state index is -0.900. The van der Waals surface area contributed by atoms with E-state index < -0.39 is 17.9 Å². The SMILES string of the molecule is CC(C(=O)O)c1ccc(C(=C=O)CCCCC(=O)O)cc1. The van der Waals surface area contributed by atoms with Gasteiger partial charge in [0.1, 0.15) is 5.94 Å². The standard InChI is InChI=1S/C16H18O5/c1-11(16(20)21)12-6-8-13(9-7-12)14(10-17)4-2-3-5-15(18)19/h6-9,11H,2-5H2,1H3,(H,18,19)(H,20,21). The van der Waals surface area contributed by atoms with Crippen molar-refractivity contribution in [3.8, 4) is 0 Å². The van der Waals surface area contributed by atoms with E-state index in [-0.39, 0.29) is 6.42 Å². The zero-order valence-electron chi connectivity index (χ0n) is 11.8. The third kappa shape index (κ3) is 5.24. The third-order valence-corrected chi connectivity index (χ3v) is 3.32. The zero-order valence-corrected chi connectivity index (χ0v) is 11.8. The topological polar surface area (TPSA) is 91.7 Å². The molecule has 0 heterocycles. The molecule has 0 saturated heterocycles. The predicted octanol–water partition coefficient (Wildman–Crippen LogP) is 2.73. The highest BCUT2D eigenvalue weighted by atomic mass is 16.4. The fourth-order valence-corrected chi connectivity index (χ4v) is 1.95. The molecule has 0 radical (unpaired) electrons. The highest BCUT2D eigenvalue weighted by Crippen LogP contribution is 2.22. The first-order chi connectivity index (χ1) is 9.95. The molecule has 0 aliphatic heterocycles. The number of hydrogen-bond acceptors (Lipinski definition) is 3. The Hall–Kier alpha value is -2.39. The van der Waals surface area contributed by atoms with Crippen LogP contribution in [0.3, 0.4) is 0 Å². The molecule has 5 heteroatoms. The molecule has 0 spiro atoms. The third-order valence-electron chi connectivity index (χ3n) is 3.32. The van der Waals surface area contributed by atoms with Crippen LogP contribution >= 0.6 is 0 Å². The van der Waals surface area contributed by atoms with E-state index in [0.29, 0.717) is 36.0 Å². The van der Waals surface area contributed by atoms with Gasteiger partial charge in [0.25, 0.3) is 0 Å². The molecule has 1 atom stereocenters. The molecular formula is C16H18O5. The number of carboxylic acid groups (broad SMARTS) is 2. The molecule has 0 amide bonds. The Morgan fingerprint density at radius 1 is 1.10 bits per heavy atom. The lowest BCUT2D eigenvalue weighted by Crippen LogP contribution is -2.07. The Balaban J connectivity index is 2.68. The van der Waals surface area contributed by atoms with Gasteiger partial charge in [-0.3, -0.25) is 9.59 Å². The number of unbranched alkanes of at least 4 members (excludes halogenated alkanes) is 1. The summed E-state index contributed by atoms with van der Waals surface area (Å²) in [6.45, 7) is 1.60. The highest BCUT2D eigenvalue weighted by Gasteiger charge is 2.13. The molecule has 5 nitrogen and oxygen atoms in total. The van der Waals surface area contributed by atoms with Gasteiger partial charge in [0.15, 0.2) is 0 Å². The summed E-state index contributed by atoms with van der Waals surface area (Å²) in [7, 11) is 0. The van der Waals surface area contributed by atoms with Gasteiger partial charge in [-0.2, -0.15) is 0 Å². The van der Waals surface area contributed by atoms with Crippen molar-refractivity contribution in [2.45, 2.75) is 38.5 Å². The van der Waals surface area contributed by atoms with Crippen molar-refractivity contribution in [2.24, 2.45) is 0 Å². The van der Waals surface area contributed by atoms with Gasteiger partial charge in [-0.05, 0) is 37.3 Å². The van der Waals surface area contributed by atoms with Crippen LogP contribution in [0.4, 0.5) is 0 Å². The molecule has 1 aromatic rings. The summed E-state index contributed by atoms with van der Waals surface area (Å²) in [4.78, 5) is 32.3. The van der Waals surface area contributed by atoms with Gasteiger partial charge >= 0.3 is 11.9 Å². The summed E-state index contributed by atoms with van der Waals surface area (Å²) in [5.74, 6) is -0.467. The molecule has 112 valence electrons. The molecule has 0 aliphatic rings. The van der Waals surface area contributed by atoms with Crippen LogP contribution in [0.15, 0.2) is 24.3 Å². The second-order valence-corrected chi connectivity index (χ2v) is 4.86. The summed E-state index contributed by atoms with van der Waals surface area (Å²) < 4.78 is 0. The normalized spacial score (nSPS) is 11.5. The van der Waals surface area contributed by atoms with Crippen molar-refractivity contribution < 1.29 is 24.6 Å².